The van der Waals surface area contributed by atoms with E-state index in [4.69, 9.17) is 4.74 Å². The van der Waals surface area contributed by atoms with Gasteiger partial charge in [0, 0.05) is 34.5 Å². The molecule has 6 aromatic rings. The zero-order valence-electron chi connectivity index (χ0n) is 35.3. The fourth-order valence-electron chi connectivity index (χ4n) is 6.74. The number of hydrogen-bond donors (Lipinski definition) is 6. The van der Waals surface area contributed by atoms with Crippen molar-refractivity contribution in [1.29, 1.82) is 0 Å². The number of amides is 2. The van der Waals surface area contributed by atoms with Gasteiger partial charge in [0.25, 0.3) is 22.9 Å². The maximum absolute atomic E-state index is 15.4. The number of ether oxygens (including phenoxy) is 1. The molecule has 64 heavy (non-hydrogen) atoms. The number of rotatable bonds is 15. The summed E-state index contributed by atoms with van der Waals surface area (Å²) in [5, 5.41) is 47.9. The molecule has 2 unspecified atom stereocenters. The van der Waals surface area contributed by atoms with Gasteiger partial charge in [0.15, 0.2) is 11.5 Å². The number of hydrogen-bond acceptors (Lipinski definition) is 13. The highest BCUT2D eigenvalue weighted by Crippen LogP contribution is 2.38. The molecule has 0 bridgehead atoms. The van der Waals surface area contributed by atoms with E-state index in [1.165, 1.54) is 60.1 Å². The predicted octanol–water partition coefficient (Wildman–Crippen LogP) is 4.61. The molecule has 3 aromatic carbocycles. The lowest BCUT2D eigenvalue weighted by Gasteiger charge is -2.22. The summed E-state index contributed by atoms with van der Waals surface area (Å²) >= 11 is 1.88. The Balaban J connectivity index is 1.18. The third-order valence-electron chi connectivity index (χ3n) is 10.1. The average molecular weight is 996 g/mol. The number of fused-ring (bicyclic) bond motifs is 1. The highest BCUT2D eigenvalue weighted by molar-refractivity contribution is 14.1. The number of nitrogens with one attached hydrogen (secondary N) is 3. The van der Waals surface area contributed by atoms with Gasteiger partial charge in [-0.2, -0.15) is 4.39 Å². The van der Waals surface area contributed by atoms with Crippen LogP contribution >= 0.6 is 22.6 Å². The van der Waals surface area contributed by atoms with E-state index in [2.05, 4.69) is 31.1 Å². The van der Waals surface area contributed by atoms with Crippen molar-refractivity contribution in [1.82, 2.24) is 39.5 Å². The zero-order valence-corrected chi connectivity index (χ0v) is 37.5. The minimum Gasteiger partial charge on any atom is -0.508 e. The van der Waals surface area contributed by atoms with Crippen molar-refractivity contribution in [3.8, 4) is 28.6 Å². The lowest BCUT2D eigenvalue weighted by atomic mass is 9.98. The first-order valence-corrected chi connectivity index (χ1v) is 21.0. The number of halogens is 3. The molecule has 6 rings (SSSR count). The van der Waals surface area contributed by atoms with Crippen molar-refractivity contribution >= 4 is 62.8 Å². The maximum atomic E-state index is 15.4. The minimum atomic E-state index is -1.51. The molecule has 18 nitrogen and oxygen atoms in total. The van der Waals surface area contributed by atoms with Gasteiger partial charge in [-0.25, -0.2) is 14.2 Å². The highest BCUT2D eigenvalue weighted by atomic mass is 127. The van der Waals surface area contributed by atoms with Crippen LogP contribution < -0.4 is 27.1 Å². The van der Waals surface area contributed by atoms with E-state index in [0.29, 0.717) is 14.8 Å². The second-order valence-electron chi connectivity index (χ2n) is 15.4. The second kappa shape index (κ2) is 19.3. The molecule has 0 saturated carbocycles. The van der Waals surface area contributed by atoms with E-state index in [9.17, 15) is 43.7 Å². The smallest absolute Gasteiger partial charge is 0.329 e. The summed E-state index contributed by atoms with van der Waals surface area (Å²) in [6.07, 6.45) is -0.484. The number of benzene rings is 3. The number of aliphatic hydroxyl groups is 1. The average Bonchev–Trinajstić information content (AvgIpc) is 3.69. The molecule has 2 atom stereocenters. The predicted molar refractivity (Wildman–Crippen MR) is 239 cm³/mol. The lowest BCUT2D eigenvalue weighted by Crippen LogP contribution is -2.46. The Labute approximate surface area is 377 Å². The van der Waals surface area contributed by atoms with E-state index < -0.39 is 82.8 Å². The van der Waals surface area contributed by atoms with Gasteiger partial charge in [0.2, 0.25) is 11.6 Å². The fraction of sp³-hybridized carbons (Fsp3) is 0.302. The number of aromatic nitrogens is 6. The summed E-state index contributed by atoms with van der Waals surface area (Å²) in [6.45, 7) is 7.91. The summed E-state index contributed by atoms with van der Waals surface area (Å²) in [6, 6.07) is 11.5. The fourth-order valence-corrected chi connectivity index (χ4v) is 7.20. The Hall–Kier alpha value is -6.75. The minimum absolute atomic E-state index is 0.0848. The molecular weight excluding hydrogens is 951 g/mol. The van der Waals surface area contributed by atoms with Crippen LogP contribution in [0.25, 0.3) is 28.1 Å². The van der Waals surface area contributed by atoms with Crippen molar-refractivity contribution in [2.45, 2.75) is 59.2 Å². The monoisotopic (exact) mass is 995 g/mol. The van der Waals surface area contributed by atoms with E-state index in [-0.39, 0.29) is 58.1 Å². The van der Waals surface area contributed by atoms with Crippen LogP contribution in [0.15, 0.2) is 70.5 Å². The largest absolute Gasteiger partial charge is 0.508 e. The number of aromatic hydroxyl groups is 2. The van der Waals surface area contributed by atoms with Gasteiger partial charge >= 0.3 is 5.97 Å². The van der Waals surface area contributed by atoms with Gasteiger partial charge in [-0.05, 0) is 95.4 Å². The van der Waals surface area contributed by atoms with Crippen molar-refractivity contribution in [3.05, 3.63) is 114 Å². The Morgan fingerprint density at radius 1 is 0.922 bits per heavy atom. The molecule has 6 N–H and O–H groups in total. The van der Waals surface area contributed by atoms with Crippen molar-refractivity contribution in [2.75, 3.05) is 18.5 Å². The maximum Gasteiger partial charge on any atom is 0.329 e. The second-order valence-corrected chi connectivity index (χ2v) is 16.6. The Bertz CT molecular complexity index is 2900. The molecule has 0 spiro atoms. The number of carbonyl (C=O) groups is 3. The van der Waals surface area contributed by atoms with Gasteiger partial charge in [-0.15, -0.1) is 10.2 Å². The first kappa shape index (κ1) is 46.7. The Morgan fingerprint density at radius 2 is 1.62 bits per heavy atom. The van der Waals surface area contributed by atoms with Crippen LogP contribution in [0.3, 0.4) is 0 Å². The summed E-state index contributed by atoms with van der Waals surface area (Å²) in [4.78, 5) is 70.5. The molecule has 0 saturated heterocycles. The van der Waals surface area contributed by atoms with Gasteiger partial charge < -0.3 is 36.0 Å². The van der Waals surface area contributed by atoms with Crippen LogP contribution in [0.2, 0.25) is 0 Å². The van der Waals surface area contributed by atoms with Crippen LogP contribution in [0.1, 0.15) is 67.1 Å². The summed E-state index contributed by atoms with van der Waals surface area (Å²) in [7, 11) is 1.21. The molecule has 0 fully saturated rings. The number of pyridine rings is 1. The summed E-state index contributed by atoms with van der Waals surface area (Å²) < 4.78 is 39.2. The molecule has 0 aliphatic rings. The van der Waals surface area contributed by atoms with Gasteiger partial charge in [0.1, 0.15) is 47.8 Å². The van der Waals surface area contributed by atoms with Gasteiger partial charge in [-0.3, -0.25) is 32.9 Å². The number of anilines is 2. The van der Waals surface area contributed by atoms with E-state index >= 15 is 4.39 Å². The molecule has 336 valence electrons. The standard InChI is InChI=1S/C43H44F2IN9O9/c1-7-47-40(60)38-52-51-36(27-15-26(20(2)3)30(57)16-31(27)58)55(38)24-11-8-22(9-12-24)39(59)50-34(21(4)5)43(63)64-18-25(56)17-54-19-48-37-32(41(54)61)35(33(45)42(62)53(37)6)49-29-13-10-23(46)14-28(29)44/h8-16,19-21,25,34,49,56-58H,7,17-18H2,1-6H3,(H,47,60)(H,50,59). The molecular formula is C43H44F2IN9O9. The summed E-state index contributed by atoms with van der Waals surface area (Å²) in [5.41, 5.74) is -1.88. The quantitative estimate of drug-likeness (QED) is 0.0609. The molecule has 0 aliphatic carbocycles. The van der Waals surface area contributed by atoms with Gasteiger partial charge in [-0.1, -0.05) is 27.7 Å². The van der Waals surface area contributed by atoms with Crippen molar-refractivity contribution in [3.63, 3.8) is 0 Å². The Morgan fingerprint density at radius 3 is 2.27 bits per heavy atom. The number of aryl methyl sites for hydroxylation is 1. The number of esters is 1. The number of aliphatic hydroxyl groups excluding tert-OH is 1. The normalized spacial score (nSPS) is 12.4. The van der Waals surface area contributed by atoms with Crippen LogP contribution in [-0.2, 0) is 23.1 Å². The SMILES string of the molecule is CCNC(=O)c1nnc(-c2cc(C(C)C)c(O)cc2O)n1-c1ccc(C(=O)NC(C(=O)OCC(O)Cn2cnc3c(c(Nc4ccc(I)cc4F)c(F)c(=O)n3C)c2=O)C(C)C)cc1. The third kappa shape index (κ3) is 9.58. The number of phenolic OH excluding ortho intramolecular Hbond substituents is 2. The van der Waals surface area contributed by atoms with Crippen LogP contribution in [-0.4, -0.2) is 87.3 Å². The molecule has 3 aromatic heterocycles. The molecule has 0 radical (unpaired) electrons. The van der Waals surface area contributed by atoms with E-state index in [0.717, 1.165) is 15.5 Å². The first-order valence-electron chi connectivity index (χ1n) is 19.9. The number of phenols is 2. The van der Waals surface area contributed by atoms with E-state index in [1.807, 2.05) is 36.4 Å². The molecule has 2 amide bonds. The first-order chi connectivity index (χ1) is 30.3. The molecule has 3 heterocycles. The third-order valence-corrected chi connectivity index (χ3v) is 10.8. The van der Waals surface area contributed by atoms with Crippen LogP contribution in [0.4, 0.5) is 20.2 Å². The molecule has 0 aliphatic heterocycles. The molecule has 21 heteroatoms. The summed E-state index contributed by atoms with van der Waals surface area (Å²) in [5.74, 6) is -5.34. The van der Waals surface area contributed by atoms with Crippen molar-refractivity contribution < 1.29 is 43.2 Å². The Kier molecular flexibility index (Phi) is 14.1. The van der Waals surface area contributed by atoms with E-state index in [1.54, 1.807) is 26.8 Å². The lowest BCUT2D eigenvalue weighted by molar-refractivity contribution is -0.150. The topological polar surface area (TPSA) is 245 Å². The van der Waals surface area contributed by atoms with Crippen LogP contribution in [0, 0.1) is 21.1 Å². The number of carbonyl (C=O) groups excluding carboxylic acids is 3. The highest BCUT2D eigenvalue weighted by Gasteiger charge is 2.29. The van der Waals surface area contributed by atoms with Crippen molar-refractivity contribution in [2.24, 2.45) is 13.0 Å². The van der Waals surface area contributed by atoms with Gasteiger partial charge in [0.05, 0.1) is 23.5 Å². The van der Waals surface area contributed by atoms with Crippen LogP contribution in [0.5, 0.6) is 11.5 Å². The zero-order chi connectivity index (χ0) is 46.7. The number of nitrogens with zero attached hydrogens (tertiary/aromatic N) is 6.